The molecule has 0 amide bonds. The zero-order chi connectivity index (χ0) is 32.6. The standard InChI is InChI=1S/C29H54O15/c1-4-6-7-8-9-10-12-39-28-25(43-26-22(36)20(34)18(32)15(3)40-26)29(11-5-2,24(38)17(14-31)42-28)44-27-23(37)21(35)19(33)16(13-30)41-27/h15-28,30-38H,4-14H2,1-3H3/t15-,16+,17+,18+,19-,20+,21-,22-,23+,24-,25-,26-,27+,28+,29-/m0/s1. The normalized spacial score (nSPS) is 45.0. The molecule has 0 aromatic rings. The molecular formula is C29H54O15. The van der Waals surface area contributed by atoms with Crippen LogP contribution >= 0.6 is 0 Å². The molecule has 0 aromatic carbocycles. The Balaban J connectivity index is 1.98. The summed E-state index contributed by atoms with van der Waals surface area (Å²) in [7, 11) is 0. The predicted molar refractivity (Wildman–Crippen MR) is 151 cm³/mol. The van der Waals surface area contributed by atoms with Gasteiger partial charge in [-0.15, -0.1) is 0 Å². The van der Waals surface area contributed by atoms with Crippen molar-refractivity contribution in [2.45, 2.75) is 164 Å². The van der Waals surface area contributed by atoms with Crippen LogP contribution in [0.15, 0.2) is 0 Å². The van der Waals surface area contributed by atoms with Gasteiger partial charge in [-0.2, -0.15) is 0 Å². The first-order chi connectivity index (χ1) is 21.0. The Morgan fingerprint density at radius 2 is 1.20 bits per heavy atom. The highest BCUT2D eigenvalue weighted by Gasteiger charge is 2.62. The summed E-state index contributed by atoms with van der Waals surface area (Å²) >= 11 is 0. The molecule has 15 heteroatoms. The third kappa shape index (κ3) is 8.45. The second-order valence-electron chi connectivity index (χ2n) is 12.1. The Morgan fingerprint density at radius 1 is 0.614 bits per heavy atom. The fourth-order valence-electron chi connectivity index (χ4n) is 6.09. The smallest absolute Gasteiger partial charge is 0.187 e. The van der Waals surface area contributed by atoms with E-state index in [1.165, 1.54) is 6.92 Å². The van der Waals surface area contributed by atoms with Gasteiger partial charge in [0, 0.05) is 6.61 Å². The minimum Gasteiger partial charge on any atom is -0.394 e. The van der Waals surface area contributed by atoms with Gasteiger partial charge in [-0.1, -0.05) is 52.4 Å². The molecule has 0 aromatic heterocycles. The van der Waals surface area contributed by atoms with E-state index < -0.39 is 105 Å². The van der Waals surface area contributed by atoms with Crippen molar-refractivity contribution in [2.24, 2.45) is 0 Å². The molecule has 3 fully saturated rings. The summed E-state index contributed by atoms with van der Waals surface area (Å²) < 4.78 is 35.8. The number of hydrogen-bond donors (Lipinski definition) is 9. The minimum atomic E-state index is -1.92. The minimum absolute atomic E-state index is 0.0197. The van der Waals surface area contributed by atoms with Crippen molar-refractivity contribution in [1.82, 2.24) is 0 Å². The highest BCUT2D eigenvalue weighted by Crippen LogP contribution is 2.43. The van der Waals surface area contributed by atoms with Crippen molar-refractivity contribution >= 4 is 0 Å². The Kier molecular flexibility index (Phi) is 15.1. The molecule has 3 saturated heterocycles. The molecule has 3 aliphatic rings. The average molecular weight is 643 g/mol. The molecular weight excluding hydrogens is 588 g/mol. The Morgan fingerprint density at radius 3 is 1.84 bits per heavy atom. The number of hydrogen-bond acceptors (Lipinski definition) is 15. The second kappa shape index (κ2) is 17.5. The topological polar surface area (TPSA) is 237 Å². The molecule has 0 spiro atoms. The van der Waals surface area contributed by atoms with Gasteiger partial charge in [0.1, 0.15) is 66.6 Å². The molecule has 0 saturated carbocycles. The molecule has 0 radical (unpaired) electrons. The highest BCUT2D eigenvalue weighted by molar-refractivity contribution is 5.06. The first-order valence-corrected chi connectivity index (χ1v) is 15.9. The summed E-state index contributed by atoms with van der Waals surface area (Å²) in [5.74, 6) is 0. The average Bonchev–Trinajstić information content (AvgIpc) is 3.01. The van der Waals surface area contributed by atoms with Crippen LogP contribution in [0.5, 0.6) is 0 Å². The van der Waals surface area contributed by atoms with E-state index in [-0.39, 0.29) is 13.0 Å². The number of aliphatic hydroxyl groups excluding tert-OH is 9. The van der Waals surface area contributed by atoms with E-state index >= 15 is 0 Å². The molecule has 260 valence electrons. The summed E-state index contributed by atoms with van der Waals surface area (Å²) in [5.41, 5.74) is -1.92. The van der Waals surface area contributed by atoms with Crippen LogP contribution in [0, 0.1) is 0 Å². The van der Waals surface area contributed by atoms with Gasteiger partial charge in [0.25, 0.3) is 0 Å². The summed E-state index contributed by atoms with van der Waals surface area (Å²) in [6, 6.07) is 0. The second-order valence-corrected chi connectivity index (χ2v) is 12.1. The maximum Gasteiger partial charge on any atom is 0.187 e. The van der Waals surface area contributed by atoms with Crippen LogP contribution in [0.25, 0.3) is 0 Å². The molecule has 0 aliphatic carbocycles. The number of aliphatic hydroxyl groups is 9. The van der Waals surface area contributed by atoms with E-state index in [4.69, 9.17) is 28.4 Å². The molecule has 15 atom stereocenters. The van der Waals surface area contributed by atoms with E-state index in [1.54, 1.807) is 6.92 Å². The fourth-order valence-corrected chi connectivity index (χ4v) is 6.09. The SMILES string of the molecule is CCCCCCCCO[C@@H]1O[C@H](CO)[C@H](O)[C@](CCC)(O[C@H]2O[C@H](CO)[C@H](O)[C@H](O)[C@H]2O)[C@H]1O[C@@H]1O[C@@H](C)[C@@H](O)[C@@H](O)[C@@H]1O. The summed E-state index contributed by atoms with van der Waals surface area (Å²) in [6.45, 7) is 4.17. The lowest BCUT2D eigenvalue weighted by atomic mass is 9.79. The fraction of sp³-hybridized carbons (Fsp3) is 1.00. The Hall–Kier alpha value is -0.600. The lowest BCUT2D eigenvalue weighted by molar-refractivity contribution is -0.419. The maximum atomic E-state index is 11.7. The van der Waals surface area contributed by atoms with E-state index in [1.807, 2.05) is 0 Å². The zero-order valence-electron chi connectivity index (χ0n) is 25.8. The van der Waals surface area contributed by atoms with Gasteiger partial charge in [0.15, 0.2) is 18.9 Å². The van der Waals surface area contributed by atoms with Gasteiger partial charge in [0.2, 0.25) is 0 Å². The van der Waals surface area contributed by atoms with Gasteiger partial charge < -0.3 is 74.4 Å². The zero-order valence-corrected chi connectivity index (χ0v) is 25.8. The first kappa shape index (κ1) is 37.9. The monoisotopic (exact) mass is 642 g/mol. The van der Waals surface area contributed by atoms with Crippen LogP contribution in [-0.2, 0) is 28.4 Å². The number of rotatable bonds is 16. The highest BCUT2D eigenvalue weighted by atomic mass is 16.8. The quantitative estimate of drug-likeness (QED) is 0.0829. The molecule has 3 heterocycles. The molecule has 44 heavy (non-hydrogen) atoms. The summed E-state index contributed by atoms with van der Waals surface area (Å²) in [4.78, 5) is 0. The molecule has 3 rings (SSSR count). The van der Waals surface area contributed by atoms with Crippen molar-refractivity contribution in [2.75, 3.05) is 19.8 Å². The summed E-state index contributed by atoms with van der Waals surface area (Å²) in [6.07, 6.45) is -15.2. The van der Waals surface area contributed by atoms with Crippen LogP contribution in [0.2, 0.25) is 0 Å². The van der Waals surface area contributed by atoms with Crippen LogP contribution in [0.1, 0.15) is 72.1 Å². The van der Waals surface area contributed by atoms with Gasteiger partial charge in [0.05, 0.1) is 19.3 Å². The van der Waals surface area contributed by atoms with E-state index in [2.05, 4.69) is 6.92 Å². The molecule has 3 aliphatic heterocycles. The van der Waals surface area contributed by atoms with Crippen molar-refractivity contribution in [3.63, 3.8) is 0 Å². The number of unbranched alkanes of at least 4 members (excludes halogenated alkanes) is 5. The van der Waals surface area contributed by atoms with Crippen LogP contribution in [-0.4, -0.2) is 157 Å². The van der Waals surface area contributed by atoms with Crippen molar-refractivity contribution in [3.8, 4) is 0 Å². The lowest BCUT2D eigenvalue weighted by Crippen LogP contribution is -2.73. The van der Waals surface area contributed by atoms with Gasteiger partial charge >= 0.3 is 0 Å². The van der Waals surface area contributed by atoms with E-state index in [9.17, 15) is 46.0 Å². The van der Waals surface area contributed by atoms with E-state index in [0.717, 1.165) is 32.1 Å². The number of ether oxygens (including phenoxy) is 6. The van der Waals surface area contributed by atoms with Crippen LogP contribution in [0.3, 0.4) is 0 Å². The third-order valence-corrected chi connectivity index (χ3v) is 8.76. The third-order valence-electron chi connectivity index (χ3n) is 8.76. The van der Waals surface area contributed by atoms with Gasteiger partial charge in [-0.25, -0.2) is 0 Å². The van der Waals surface area contributed by atoms with Crippen molar-refractivity contribution in [3.05, 3.63) is 0 Å². The molecule has 0 unspecified atom stereocenters. The van der Waals surface area contributed by atoms with Crippen LogP contribution < -0.4 is 0 Å². The van der Waals surface area contributed by atoms with Crippen molar-refractivity contribution < 1.29 is 74.4 Å². The Bertz CT molecular complexity index is 822. The molecule has 15 nitrogen and oxygen atoms in total. The van der Waals surface area contributed by atoms with E-state index in [0.29, 0.717) is 12.8 Å². The van der Waals surface area contributed by atoms with Gasteiger partial charge in [-0.05, 0) is 19.8 Å². The largest absolute Gasteiger partial charge is 0.394 e. The predicted octanol–water partition coefficient (Wildman–Crippen LogP) is -1.99. The first-order valence-electron chi connectivity index (χ1n) is 15.9. The van der Waals surface area contributed by atoms with Crippen LogP contribution in [0.4, 0.5) is 0 Å². The Labute approximate surface area is 258 Å². The lowest BCUT2D eigenvalue weighted by Gasteiger charge is -2.55. The molecule has 0 bridgehead atoms. The maximum absolute atomic E-state index is 11.7. The molecule has 9 N–H and O–H groups in total. The summed E-state index contributed by atoms with van der Waals surface area (Å²) in [5, 5.41) is 94.5. The van der Waals surface area contributed by atoms with Crippen molar-refractivity contribution in [1.29, 1.82) is 0 Å². The van der Waals surface area contributed by atoms with Gasteiger partial charge in [-0.3, -0.25) is 0 Å².